The van der Waals surface area contributed by atoms with E-state index in [-0.39, 0.29) is 11.8 Å². The summed E-state index contributed by atoms with van der Waals surface area (Å²) in [6.07, 6.45) is 5.41. The molecule has 0 fully saturated rings. The Bertz CT molecular complexity index is 1260. The summed E-state index contributed by atoms with van der Waals surface area (Å²) in [7, 11) is 0. The zero-order chi connectivity index (χ0) is 23.0. The van der Waals surface area contributed by atoms with Crippen LogP contribution >= 0.6 is 11.6 Å². The molecule has 33 heavy (non-hydrogen) atoms. The number of imidazole rings is 1. The van der Waals surface area contributed by atoms with E-state index in [0.717, 1.165) is 0 Å². The SMILES string of the molecule is O=C(CCn1ccnc1)Nc1cccc(C(=O)Nc2ccccc2Oc2ccccc2Cl)c1. The Kier molecular flexibility index (Phi) is 7.02. The first-order valence-electron chi connectivity index (χ1n) is 10.3. The fraction of sp³-hybridized carbons (Fsp3) is 0.0800. The van der Waals surface area contributed by atoms with E-state index in [9.17, 15) is 9.59 Å². The van der Waals surface area contributed by atoms with Crippen LogP contribution in [-0.4, -0.2) is 21.4 Å². The summed E-state index contributed by atoms with van der Waals surface area (Å²) in [5.74, 6) is 0.462. The van der Waals surface area contributed by atoms with E-state index in [4.69, 9.17) is 16.3 Å². The maximum Gasteiger partial charge on any atom is 0.255 e. The van der Waals surface area contributed by atoms with E-state index in [1.54, 1.807) is 73.3 Å². The number of nitrogens with one attached hydrogen (secondary N) is 2. The Morgan fingerprint density at radius 2 is 1.73 bits per heavy atom. The number of benzene rings is 3. The third-order valence-corrected chi connectivity index (χ3v) is 5.07. The van der Waals surface area contributed by atoms with Crippen LogP contribution in [0.25, 0.3) is 0 Å². The molecule has 4 rings (SSSR count). The second-order valence-electron chi connectivity index (χ2n) is 7.16. The third kappa shape index (κ3) is 5.99. The van der Waals surface area contributed by atoms with Gasteiger partial charge in [-0.3, -0.25) is 9.59 Å². The van der Waals surface area contributed by atoms with Gasteiger partial charge < -0.3 is 19.9 Å². The molecule has 0 atom stereocenters. The van der Waals surface area contributed by atoms with Crippen LogP contribution in [0.3, 0.4) is 0 Å². The Morgan fingerprint density at radius 1 is 0.939 bits per heavy atom. The van der Waals surface area contributed by atoms with Gasteiger partial charge in [0.2, 0.25) is 5.91 Å². The highest BCUT2D eigenvalue weighted by molar-refractivity contribution is 6.32. The lowest BCUT2D eigenvalue weighted by atomic mass is 10.1. The maximum atomic E-state index is 12.9. The van der Waals surface area contributed by atoms with Gasteiger partial charge in [0.05, 0.1) is 17.0 Å². The number of para-hydroxylation sites is 3. The molecule has 0 aliphatic heterocycles. The smallest absolute Gasteiger partial charge is 0.255 e. The molecule has 2 N–H and O–H groups in total. The third-order valence-electron chi connectivity index (χ3n) is 4.76. The number of rotatable bonds is 8. The van der Waals surface area contributed by atoms with Gasteiger partial charge in [0.1, 0.15) is 5.75 Å². The van der Waals surface area contributed by atoms with Crippen LogP contribution in [0.5, 0.6) is 11.5 Å². The molecule has 2 amide bonds. The molecule has 0 saturated carbocycles. The molecule has 0 aliphatic carbocycles. The van der Waals surface area contributed by atoms with E-state index < -0.39 is 0 Å². The van der Waals surface area contributed by atoms with Crippen molar-refractivity contribution in [3.05, 3.63) is 102 Å². The fourth-order valence-electron chi connectivity index (χ4n) is 3.11. The summed E-state index contributed by atoms with van der Waals surface area (Å²) in [5, 5.41) is 6.15. The zero-order valence-electron chi connectivity index (χ0n) is 17.6. The van der Waals surface area contributed by atoms with Crippen molar-refractivity contribution in [2.45, 2.75) is 13.0 Å². The van der Waals surface area contributed by atoms with Gasteiger partial charge in [-0.05, 0) is 42.5 Å². The zero-order valence-corrected chi connectivity index (χ0v) is 18.3. The second kappa shape index (κ2) is 10.5. The monoisotopic (exact) mass is 460 g/mol. The van der Waals surface area contributed by atoms with Crippen LogP contribution in [0.4, 0.5) is 11.4 Å². The van der Waals surface area contributed by atoms with E-state index in [2.05, 4.69) is 15.6 Å². The van der Waals surface area contributed by atoms with Crippen molar-refractivity contribution < 1.29 is 14.3 Å². The van der Waals surface area contributed by atoms with Crippen LogP contribution in [0, 0.1) is 0 Å². The van der Waals surface area contributed by atoms with Crippen molar-refractivity contribution in [1.82, 2.24) is 9.55 Å². The number of hydrogen-bond donors (Lipinski definition) is 2. The minimum absolute atomic E-state index is 0.153. The first kappa shape index (κ1) is 22.1. The normalized spacial score (nSPS) is 10.5. The summed E-state index contributed by atoms with van der Waals surface area (Å²) in [5.41, 5.74) is 1.44. The summed E-state index contributed by atoms with van der Waals surface area (Å²) in [6.45, 7) is 0.522. The van der Waals surface area contributed by atoms with Gasteiger partial charge in [0.25, 0.3) is 5.91 Å². The molecule has 0 saturated heterocycles. The number of carbonyl (C=O) groups is 2. The van der Waals surface area contributed by atoms with Crippen molar-refractivity contribution in [1.29, 1.82) is 0 Å². The van der Waals surface area contributed by atoms with E-state index in [1.165, 1.54) is 0 Å². The van der Waals surface area contributed by atoms with Gasteiger partial charge in [-0.15, -0.1) is 0 Å². The van der Waals surface area contributed by atoms with Crippen molar-refractivity contribution in [2.75, 3.05) is 10.6 Å². The minimum Gasteiger partial charge on any atom is -0.454 e. The van der Waals surface area contributed by atoms with Gasteiger partial charge in [0, 0.05) is 36.6 Å². The highest BCUT2D eigenvalue weighted by atomic mass is 35.5. The van der Waals surface area contributed by atoms with Crippen LogP contribution in [0.15, 0.2) is 91.5 Å². The topological polar surface area (TPSA) is 85.2 Å². The fourth-order valence-corrected chi connectivity index (χ4v) is 3.28. The first-order valence-corrected chi connectivity index (χ1v) is 10.6. The van der Waals surface area contributed by atoms with Crippen LogP contribution in [0.2, 0.25) is 5.02 Å². The van der Waals surface area contributed by atoms with Gasteiger partial charge in [-0.2, -0.15) is 0 Å². The Balaban J connectivity index is 1.42. The van der Waals surface area contributed by atoms with Crippen molar-refractivity contribution in [3.8, 4) is 11.5 Å². The molecule has 166 valence electrons. The number of carbonyl (C=O) groups excluding carboxylic acids is 2. The summed E-state index contributed by atoms with van der Waals surface area (Å²) >= 11 is 6.19. The van der Waals surface area contributed by atoms with E-state index >= 15 is 0 Å². The average molecular weight is 461 g/mol. The lowest BCUT2D eigenvalue weighted by molar-refractivity contribution is -0.116. The van der Waals surface area contributed by atoms with Gasteiger partial charge in [-0.1, -0.05) is 41.9 Å². The number of ether oxygens (including phenoxy) is 1. The number of halogens is 1. The van der Waals surface area contributed by atoms with Crippen molar-refractivity contribution >= 4 is 34.8 Å². The number of hydrogen-bond acceptors (Lipinski definition) is 4. The van der Waals surface area contributed by atoms with Gasteiger partial charge in [-0.25, -0.2) is 4.98 Å². The molecule has 7 nitrogen and oxygen atoms in total. The Hall–Kier alpha value is -4.10. The van der Waals surface area contributed by atoms with Crippen molar-refractivity contribution in [2.24, 2.45) is 0 Å². The highest BCUT2D eigenvalue weighted by Gasteiger charge is 2.13. The van der Waals surface area contributed by atoms with E-state index in [0.29, 0.717) is 46.4 Å². The number of aryl methyl sites for hydroxylation is 1. The molecule has 0 spiro atoms. The maximum absolute atomic E-state index is 12.9. The lowest BCUT2D eigenvalue weighted by Crippen LogP contribution is -2.16. The summed E-state index contributed by atoms with van der Waals surface area (Å²) in [4.78, 5) is 29.1. The predicted octanol–water partition coefficient (Wildman–Crippen LogP) is 5.61. The molecule has 4 aromatic rings. The molecule has 1 heterocycles. The first-order chi connectivity index (χ1) is 16.1. The molecular formula is C25H21ClN4O3. The molecule has 1 aromatic heterocycles. The van der Waals surface area contributed by atoms with Crippen LogP contribution in [-0.2, 0) is 11.3 Å². The summed E-state index contributed by atoms with van der Waals surface area (Å²) in [6, 6.07) is 21.0. The molecule has 0 radical (unpaired) electrons. The predicted molar refractivity (Wildman–Crippen MR) is 128 cm³/mol. The highest BCUT2D eigenvalue weighted by Crippen LogP contribution is 2.33. The number of amides is 2. The number of aromatic nitrogens is 2. The Morgan fingerprint density at radius 3 is 2.52 bits per heavy atom. The largest absolute Gasteiger partial charge is 0.454 e. The molecule has 8 heteroatoms. The Labute approximate surface area is 196 Å². The van der Waals surface area contributed by atoms with Crippen LogP contribution < -0.4 is 15.4 Å². The second-order valence-corrected chi connectivity index (χ2v) is 7.57. The molecule has 3 aromatic carbocycles. The lowest BCUT2D eigenvalue weighted by Gasteiger charge is -2.13. The van der Waals surface area contributed by atoms with Gasteiger partial charge >= 0.3 is 0 Å². The minimum atomic E-state index is -0.334. The number of anilines is 2. The standard InChI is InChI=1S/C25H21ClN4O3/c26-20-8-1-3-10-22(20)33-23-11-4-2-9-21(23)29-25(32)18-6-5-7-19(16-18)28-24(31)12-14-30-15-13-27-17-30/h1-11,13,15-17H,12,14H2,(H,28,31)(H,29,32). The molecule has 0 aliphatic rings. The quantitative estimate of drug-likeness (QED) is 0.358. The summed E-state index contributed by atoms with van der Waals surface area (Å²) < 4.78 is 7.73. The molecule has 0 unspecified atom stereocenters. The van der Waals surface area contributed by atoms with Crippen molar-refractivity contribution in [3.63, 3.8) is 0 Å². The van der Waals surface area contributed by atoms with Crippen LogP contribution in [0.1, 0.15) is 16.8 Å². The molecular weight excluding hydrogens is 440 g/mol. The molecule has 0 bridgehead atoms. The number of nitrogens with zero attached hydrogens (tertiary/aromatic N) is 2. The van der Waals surface area contributed by atoms with E-state index in [1.807, 2.05) is 22.8 Å². The average Bonchev–Trinajstić information content (AvgIpc) is 3.34. The van der Waals surface area contributed by atoms with Gasteiger partial charge in [0.15, 0.2) is 5.75 Å².